The fraction of sp³-hybridized carbons (Fsp3) is 0.200. The van der Waals surface area contributed by atoms with Gasteiger partial charge in [-0.05, 0) is 12.1 Å². The first-order valence-corrected chi connectivity index (χ1v) is 4.25. The first-order valence-electron chi connectivity index (χ1n) is 4.25. The number of aromatic nitrogens is 2. The lowest BCUT2D eigenvalue weighted by Crippen LogP contribution is -2.31. The molecule has 72 valence electrons. The van der Waals surface area contributed by atoms with Crippen molar-refractivity contribution in [3.05, 3.63) is 35.3 Å². The lowest BCUT2D eigenvalue weighted by Gasteiger charge is -2.04. The van der Waals surface area contributed by atoms with Gasteiger partial charge in [0.1, 0.15) is 11.3 Å². The average Bonchev–Trinajstić information content (AvgIpc) is 2.23. The summed E-state index contributed by atoms with van der Waals surface area (Å²) in [5.41, 5.74) is 1.78. The minimum Gasteiger partial charge on any atom is -0.618 e. The molecule has 0 N–H and O–H groups in total. The van der Waals surface area contributed by atoms with Crippen LogP contribution in [0.1, 0.15) is 5.69 Å². The monoisotopic (exact) mass is 190 g/mol. The minimum absolute atomic E-state index is 0.532. The Labute approximate surface area is 81.4 Å². The van der Waals surface area contributed by atoms with E-state index >= 15 is 0 Å². The maximum Gasteiger partial charge on any atom is 0.246 e. The van der Waals surface area contributed by atoms with Crippen LogP contribution in [-0.4, -0.2) is 12.1 Å². The number of hydrogen-bond donors (Lipinski definition) is 0. The van der Waals surface area contributed by atoms with E-state index in [1.807, 2.05) is 0 Å². The summed E-state index contributed by atoms with van der Waals surface area (Å²) in [5.74, 6) is 0.662. The molecule has 2 aromatic rings. The minimum atomic E-state index is 0.532. The Hall–Kier alpha value is -1.84. The van der Waals surface area contributed by atoms with Crippen molar-refractivity contribution in [1.82, 2.24) is 4.98 Å². The molecule has 4 heteroatoms. The molecule has 0 aliphatic heterocycles. The molecule has 0 aliphatic carbocycles. The van der Waals surface area contributed by atoms with Gasteiger partial charge in [0.25, 0.3) is 0 Å². The summed E-state index contributed by atoms with van der Waals surface area (Å²) in [7, 11) is 1.57. The molecule has 0 unspecified atom stereocenters. The first kappa shape index (κ1) is 8.74. The molecule has 2 rings (SSSR count). The van der Waals surface area contributed by atoms with Gasteiger partial charge in [0.15, 0.2) is 0 Å². The summed E-state index contributed by atoms with van der Waals surface area (Å²) in [6.07, 6.45) is 1.56. The van der Waals surface area contributed by atoms with Gasteiger partial charge in [-0.3, -0.25) is 0 Å². The van der Waals surface area contributed by atoms with E-state index in [0.717, 1.165) is 4.73 Å². The Kier molecular flexibility index (Phi) is 1.96. The van der Waals surface area contributed by atoms with Crippen LogP contribution in [-0.2, 0) is 0 Å². The topological polar surface area (TPSA) is 49.1 Å². The summed E-state index contributed by atoms with van der Waals surface area (Å²) < 4.78 is 5.89. The Morgan fingerprint density at radius 3 is 2.93 bits per heavy atom. The smallest absolute Gasteiger partial charge is 0.246 e. The van der Waals surface area contributed by atoms with E-state index in [1.54, 1.807) is 38.4 Å². The molecule has 0 fully saturated rings. The Morgan fingerprint density at radius 1 is 1.43 bits per heavy atom. The van der Waals surface area contributed by atoms with Gasteiger partial charge in [0, 0.05) is 6.92 Å². The normalized spacial score (nSPS) is 10.4. The highest BCUT2D eigenvalue weighted by Crippen LogP contribution is 2.15. The van der Waals surface area contributed by atoms with Crippen molar-refractivity contribution in [2.45, 2.75) is 6.92 Å². The molecule has 1 aromatic carbocycles. The van der Waals surface area contributed by atoms with E-state index in [4.69, 9.17) is 4.74 Å². The average molecular weight is 190 g/mol. The third-order valence-corrected chi connectivity index (χ3v) is 2.11. The molecular formula is C10H10N2O2. The molecular weight excluding hydrogens is 180 g/mol. The quantitative estimate of drug-likeness (QED) is 0.501. The predicted octanol–water partition coefficient (Wildman–Crippen LogP) is 1.19. The van der Waals surface area contributed by atoms with Crippen LogP contribution in [0.2, 0.25) is 0 Å². The van der Waals surface area contributed by atoms with Gasteiger partial charge in [-0.25, -0.2) is 4.98 Å². The Balaban J connectivity index is 2.78. The highest BCUT2D eigenvalue weighted by atomic mass is 16.5. The van der Waals surface area contributed by atoms with Crippen molar-refractivity contribution in [3.8, 4) is 5.75 Å². The van der Waals surface area contributed by atoms with Crippen molar-refractivity contribution < 1.29 is 9.47 Å². The lowest BCUT2D eigenvalue weighted by molar-refractivity contribution is -0.584. The van der Waals surface area contributed by atoms with Crippen LogP contribution in [0.3, 0.4) is 0 Å². The van der Waals surface area contributed by atoms with Gasteiger partial charge >= 0.3 is 0 Å². The number of nitrogens with zero attached hydrogens (tertiary/aromatic N) is 2. The van der Waals surface area contributed by atoms with Gasteiger partial charge in [-0.2, -0.15) is 4.73 Å². The second kappa shape index (κ2) is 3.14. The van der Waals surface area contributed by atoms with Crippen molar-refractivity contribution >= 4 is 11.0 Å². The molecule has 1 aromatic heterocycles. The summed E-state index contributed by atoms with van der Waals surface area (Å²) in [5, 5.41) is 11.6. The number of aryl methyl sites for hydroxylation is 1. The van der Waals surface area contributed by atoms with E-state index in [1.165, 1.54) is 0 Å². The lowest BCUT2D eigenvalue weighted by atomic mass is 10.3. The maximum atomic E-state index is 11.6. The van der Waals surface area contributed by atoms with E-state index in [0.29, 0.717) is 22.5 Å². The van der Waals surface area contributed by atoms with Gasteiger partial charge in [0.05, 0.1) is 19.4 Å². The van der Waals surface area contributed by atoms with E-state index in [-0.39, 0.29) is 0 Å². The molecule has 0 amide bonds. The van der Waals surface area contributed by atoms with Gasteiger partial charge < -0.3 is 9.94 Å². The van der Waals surface area contributed by atoms with Gasteiger partial charge in [-0.15, -0.1) is 0 Å². The summed E-state index contributed by atoms with van der Waals surface area (Å²) in [6.45, 7) is 1.72. The molecule has 0 bridgehead atoms. The van der Waals surface area contributed by atoms with Crippen molar-refractivity contribution in [1.29, 1.82) is 0 Å². The zero-order valence-electron chi connectivity index (χ0n) is 8.02. The third kappa shape index (κ3) is 1.25. The molecule has 4 nitrogen and oxygen atoms in total. The third-order valence-electron chi connectivity index (χ3n) is 2.11. The highest BCUT2D eigenvalue weighted by molar-refractivity contribution is 5.72. The molecule has 0 aliphatic rings. The highest BCUT2D eigenvalue weighted by Gasteiger charge is 2.08. The number of rotatable bonds is 1. The number of hydrogen-bond acceptors (Lipinski definition) is 3. The Morgan fingerprint density at radius 2 is 2.21 bits per heavy atom. The van der Waals surface area contributed by atoms with Crippen LogP contribution in [0.4, 0.5) is 0 Å². The van der Waals surface area contributed by atoms with Crippen LogP contribution in [0, 0.1) is 12.1 Å². The second-order valence-corrected chi connectivity index (χ2v) is 3.05. The van der Waals surface area contributed by atoms with Crippen LogP contribution >= 0.6 is 0 Å². The molecule has 0 spiro atoms. The van der Waals surface area contributed by atoms with Crippen LogP contribution in [0.15, 0.2) is 24.4 Å². The fourth-order valence-electron chi connectivity index (χ4n) is 1.31. The zero-order chi connectivity index (χ0) is 10.1. The maximum absolute atomic E-state index is 11.6. The molecule has 0 atom stereocenters. The largest absolute Gasteiger partial charge is 0.618 e. The van der Waals surface area contributed by atoms with Crippen molar-refractivity contribution in [3.63, 3.8) is 0 Å². The van der Waals surface area contributed by atoms with Crippen LogP contribution in [0.25, 0.3) is 11.0 Å². The standard InChI is InChI=1S/C10H10N2O2/c1-7-6-11-9-4-3-8(14-2)5-10(9)12(7)13/h3-6H,1-2H3. The van der Waals surface area contributed by atoms with Crippen LogP contribution in [0.5, 0.6) is 5.75 Å². The molecule has 1 heterocycles. The van der Waals surface area contributed by atoms with Crippen molar-refractivity contribution in [2.75, 3.05) is 7.11 Å². The van der Waals surface area contributed by atoms with Crippen LogP contribution < -0.4 is 9.47 Å². The first-order chi connectivity index (χ1) is 6.72. The zero-order valence-corrected chi connectivity index (χ0v) is 8.02. The number of benzene rings is 1. The SMILES string of the molecule is COc1ccc2ncc(C)[n+]([O-])c2c1. The van der Waals surface area contributed by atoms with Gasteiger partial charge in [0.2, 0.25) is 11.2 Å². The molecule has 14 heavy (non-hydrogen) atoms. The van der Waals surface area contributed by atoms with E-state index in [2.05, 4.69) is 4.98 Å². The number of fused-ring (bicyclic) bond motifs is 1. The molecule has 0 saturated carbocycles. The van der Waals surface area contributed by atoms with E-state index < -0.39 is 0 Å². The fourth-order valence-corrected chi connectivity index (χ4v) is 1.31. The number of ether oxygens (including phenoxy) is 1. The molecule has 0 radical (unpaired) electrons. The molecule has 0 saturated heterocycles. The summed E-state index contributed by atoms with van der Waals surface area (Å²) in [4.78, 5) is 4.14. The number of methoxy groups -OCH3 is 1. The Bertz CT molecular complexity index is 483. The van der Waals surface area contributed by atoms with E-state index in [9.17, 15) is 5.21 Å². The predicted molar refractivity (Wildman–Crippen MR) is 52.0 cm³/mol. The van der Waals surface area contributed by atoms with Gasteiger partial charge in [-0.1, -0.05) is 0 Å². The second-order valence-electron chi connectivity index (χ2n) is 3.05. The van der Waals surface area contributed by atoms with Crippen molar-refractivity contribution in [2.24, 2.45) is 0 Å². The summed E-state index contributed by atoms with van der Waals surface area (Å²) in [6, 6.07) is 5.23. The summed E-state index contributed by atoms with van der Waals surface area (Å²) >= 11 is 0.